The number of allylic oxidation sites excluding steroid dienone is 1. The van der Waals surface area contributed by atoms with Crippen molar-refractivity contribution in [3.05, 3.63) is 90.0 Å². The van der Waals surface area contributed by atoms with Crippen LogP contribution in [0.5, 0.6) is 0 Å². The van der Waals surface area contributed by atoms with Crippen molar-refractivity contribution < 1.29 is 35.9 Å². The Morgan fingerprint density at radius 2 is 1.57 bits per heavy atom. The van der Waals surface area contributed by atoms with Crippen molar-refractivity contribution in [2.24, 2.45) is 0 Å². The number of amides is 1. The van der Waals surface area contributed by atoms with Gasteiger partial charge in [0.1, 0.15) is 0 Å². The molecule has 0 N–H and O–H groups in total. The highest BCUT2D eigenvalue weighted by molar-refractivity contribution is 6.02. The van der Waals surface area contributed by atoms with Crippen molar-refractivity contribution in [2.75, 3.05) is 11.5 Å². The number of carbonyl (C=O) groups is 1. The molecule has 0 saturated carbocycles. The molecule has 1 unspecified atom stereocenters. The number of hydrogen-bond acceptors (Lipinski definition) is 2. The van der Waals surface area contributed by atoms with Crippen molar-refractivity contribution in [1.82, 2.24) is 0 Å². The lowest BCUT2D eigenvalue weighted by Crippen LogP contribution is -2.52. The molecule has 2 atom stereocenters. The van der Waals surface area contributed by atoms with E-state index in [2.05, 4.69) is 6.58 Å². The number of alkyl halides is 6. The topological polar surface area (TPSA) is 29.5 Å². The Labute approximate surface area is 200 Å². The van der Waals surface area contributed by atoms with E-state index in [1.54, 1.807) is 56.3 Å². The number of rotatable bonds is 9. The second kappa shape index (κ2) is 11.1. The number of hydrogen-bond donors (Lipinski definition) is 0. The van der Waals surface area contributed by atoms with E-state index in [1.165, 1.54) is 17.9 Å². The summed E-state index contributed by atoms with van der Waals surface area (Å²) in [7, 11) is 0. The summed E-state index contributed by atoms with van der Waals surface area (Å²) in [5.41, 5.74) is -3.60. The molecule has 0 aliphatic carbocycles. The summed E-state index contributed by atoms with van der Waals surface area (Å²) in [6.45, 7) is 8.30. The highest BCUT2D eigenvalue weighted by Crippen LogP contribution is 2.38. The SMILES string of the molecule is C=CC[C@](C)(COC(C)c1cc(C(F)(F)F)cc(C(F)(F)F)c1)N(C(=O)/C=C/C)c1ccccc1. The molecule has 9 heteroatoms. The molecule has 0 bridgehead atoms. The number of nitrogens with zero attached hydrogens (tertiary/aromatic N) is 1. The summed E-state index contributed by atoms with van der Waals surface area (Å²) in [6, 6.07) is 10.1. The predicted octanol–water partition coefficient (Wildman–Crippen LogP) is 7.75. The van der Waals surface area contributed by atoms with Crippen LogP contribution in [0.1, 0.15) is 50.0 Å². The van der Waals surface area contributed by atoms with Gasteiger partial charge < -0.3 is 9.64 Å². The zero-order valence-electron chi connectivity index (χ0n) is 19.6. The van der Waals surface area contributed by atoms with Crippen molar-refractivity contribution >= 4 is 11.6 Å². The van der Waals surface area contributed by atoms with Crippen LogP contribution in [0.25, 0.3) is 0 Å². The van der Waals surface area contributed by atoms with Gasteiger partial charge in [-0.2, -0.15) is 26.3 Å². The third-order valence-corrected chi connectivity index (χ3v) is 5.39. The van der Waals surface area contributed by atoms with Gasteiger partial charge in [-0.3, -0.25) is 4.79 Å². The summed E-state index contributed by atoms with van der Waals surface area (Å²) in [6.07, 6.45) is -6.31. The third-order valence-electron chi connectivity index (χ3n) is 5.39. The molecule has 1 amide bonds. The van der Waals surface area contributed by atoms with Crippen LogP contribution in [-0.2, 0) is 21.9 Å². The minimum absolute atomic E-state index is 0.0743. The van der Waals surface area contributed by atoms with Crippen LogP contribution in [0, 0.1) is 0 Å². The molecule has 3 nitrogen and oxygen atoms in total. The highest BCUT2D eigenvalue weighted by atomic mass is 19.4. The first-order valence-electron chi connectivity index (χ1n) is 10.8. The van der Waals surface area contributed by atoms with Crippen LogP contribution in [0.4, 0.5) is 32.0 Å². The smallest absolute Gasteiger partial charge is 0.371 e. The fourth-order valence-electron chi connectivity index (χ4n) is 3.64. The maximum Gasteiger partial charge on any atom is 0.416 e. The molecule has 0 spiro atoms. The molecule has 0 aromatic heterocycles. The Morgan fingerprint density at radius 3 is 2.03 bits per heavy atom. The highest BCUT2D eigenvalue weighted by Gasteiger charge is 2.39. The Kier molecular flexibility index (Phi) is 8.94. The van der Waals surface area contributed by atoms with Crippen molar-refractivity contribution in [3.63, 3.8) is 0 Å². The first-order valence-corrected chi connectivity index (χ1v) is 10.8. The van der Waals surface area contributed by atoms with E-state index < -0.39 is 35.1 Å². The fraction of sp³-hybridized carbons (Fsp3) is 0.346. The van der Waals surface area contributed by atoms with Gasteiger partial charge in [0.15, 0.2) is 0 Å². The summed E-state index contributed by atoms with van der Waals surface area (Å²) < 4.78 is 85.4. The molecule has 2 aromatic carbocycles. The van der Waals surface area contributed by atoms with Gasteiger partial charge in [0.2, 0.25) is 0 Å². The number of carbonyl (C=O) groups excluding carboxylic acids is 1. The molecule has 2 rings (SSSR count). The molecular weight excluding hydrogens is 472 g/mol. The van der Waals surface area contributed by atoms with Gasteiger partial charge in [0.05, 0.1) is 29.4 Å². The van der Waals surface area contributed by atoms with E-state index in [1.807, 2.05) is 0 Å². The van der Waals surface area contributed by atoms with Crippen molar-refractivity contribution in [1.29, 1.82) is 0 Å². The quantitative estimate of drug-likeness (QED) is 0.201. The molecule has 0 saturated heterocycles. The molecule has 35 heavy (non-hydrogen) atoms. The minimum Gasteiger partial charge on any atom is -0.371 e. The largest absolute Gasteiger partial charge is 0.416 e. The van der Waals surface area contributed by atoms with Gasteiger partial charge in [-0.15, -0.1) is 6.58 Å². The summed E-state index contributed by atoms with van der Waals surface area (Å²) in [5.74, 6) is -0.363. The molecule has 0 radical (unpaired) electrons. The molecule has 0 heterocycles. The van der Waals surface area contributed by atoms with E-state index in [0.717, 1.165) is 0 Å². The maximum absolute atomic E-state index is 13.3. The van der Waals surface area contributed by atoms with Crippen molar-refractivity contribution in [2.45, 2.75) is 51.2 Å². The number of ether oxygens (including phenoxy) is 1. The third kappa shape index (κ3) is 7.21. The van der Waals surface area contributed by atoms with Gasteiger partial charge in [-0.1, -0.05) is 30.4 Å². The van der Waals surface area contributed by atoms with E-state index in [4.69, 9.17) is 4.74 Å². The predicted molar refractivity (Wildman–Crippen MR) is 123 cm³/mol. The lowest BCUT2D eigenvalue weighted by atomic mass is 9.94. The van der Waals surface area contributed by atoms with Crippen LogP contribution in [-0.4, -0.2) is 18.1 Å². The Balaban J connectivity index is 2.44. The van der Waals surface area contributed by atoms with Gasteiger partial charge in [0.25, 0.3) is 5.91 Å². The summed E-state index contributed by atoms with van der Waals surface area (Å²) in [5, 5.41) is 0. The minimum atomic E-state index is -4.96. The molecule has 0 fully saturated rings. The molecule has 0 aliphatic rings. The van der Waals surface area contributed by atoms with E-state index in [0.29, 0.717) is 17.8 Å². The number of para-hydroxylation sites is 1. The Bertz CT molecular complexity index is 1010. The van der Waals surface area contributed by atoms with Crippen molar-refractivity contribution in [3.8, 4) is 0 Å². The summed E-state index contributed by atoms with van der Waals surface area (Å²) >= 11 is 0. The maximum atomic E-state index is 13.3. The van der Waals surface area contributed by atoms with Crippen LogP contribution in [0.2, 0.25) is 0 Å². The van der Waals surface area contributed by atoms with Crippen LogP contribution in [0.3, 0.4) is 0 Å². The van der Waals surface area contributed by atoms with Crippen LogP contribution < -0.4 is 4.90 Å². The van der Waals surface area contributed by atoms with Gasteiger partial charge >= 0.3 is 12.4 Å². The zero-order valence-corrected chi connectivity index (χ0v) is 19.6. The van der Waals surface area contributed by atoms with Crippen LogP contribution in [0.15, 0.2) is 73.3 Å². The lowest BCUT2D eigenvalue weighted by molar-refractivity contribution is -0.143. The monoisotopic (exact) mass is 499 g/mol. The second-order valence-electron chi connectivity index (χ2n) is 8.29. The standard InChI is InChI=1S/C26H27F6NO2/c1-5-10-23(34)33(22-11-8-7-9-12-22)24(4,13-6-2)17-35-18(3)19-14-20(25(27,28)29)16-21(15-19)26(30,31)32/h5-12,14-16,18H,2,13,17H2,1,3-4H3/b10-5+/t18?,24-/m1/s1. The van der Waals surface area contributed by atoms with Gasteiger partial charge in [0, 0.05) is 5.69 Å². The van der Waals surface area contributed by atoms with Gasteiger partial charge in [-0.05, 0) is 69.2 Å². The molecule has 2 aromatic rings. The molecule has 190 valence electrons. The van der Waals surface area contributed by atoms with E-state index in [9.17, 15) is 31.1 Å². The second-order valence-corrected chi connectivity index (χ2v) is 8.29. The average molecular weight is 499 g/mol. The average Bonchev–Trinajstić information content (AvgIpc) is 2.77. The lowest BCUT2D eigenvalue weighted by Gasteiger charge is -2.41. The first-order chi connectivity index (χ1) is 16.2. The van der Waals surface area contributed by atoms with Gasteiger partial charge in [-0.25, -0.2) is 0 Å². The zero-order chi connectivity index (χ0) is 26.4. The summed E-state index contributed by atoms with van der Waals surface area (Å²) in [4.78, 5) is 14.5. The number of anilines is 1. The van der Waals surface area contributed by atoms with E-state index >= 15 is 0 Å². The fourth-order valence-corrected chi connectivity index (χ4v) is 3.64. The number of halogens is 6. The normalized spacial score (nSPS) is 15.0. The molecular formula is C26H27F6NO2. The first kappa shape index (κ1) is 28.2. The van der Waals surface area contributed by atoms with E-state index in [-0.39, 0.29) is 30.6 Å². The molecule has 0 aliphatic heterocycles. The number of benzene rings is 2. The Morgan fingerprint density at radius 1 is 1.03 bits per heavy atom. The van der Waals surface area contributed by atoms with Crippen LogP contribution >= 0.6 is 0 Å². The Hall–Kier alpha value is -3.07.